The van der Waals surface area contributed by atoms with Crippen molar-refractivity contribution in [1.82, 2.24) is 14.4 Å². The van der Waals surface area contributed by atoms with Crippen molar-refractivity contribution < 1.29 is 9.53 Å². The Kier molecular flexibility index (Phi) is 5.69. The first-order valence-corrected chi connectivity index (χ1v) is 10.3. The molecule has 152 valence electrons. The van der Waals surface area contributed by atoms with E-state index in [-0.39, 0.29) is 5.91 Å². The summed E-state index contributed by atoms with van der Waals surface area (Å²) in [4.78, 5) is 18.2. The fourth-order valence-electron chi connectivity index (χ4n) is 4.22. The van der Waals surface area contributed by atoms with E-state index in [0.717, 1.165) is 61.5 Å². The number of piperazine rings is 1. The lowest BCUT2D eigenvalue weighted by atomic mass is 10.1. The van der Waals surface area contributed by atoms with E-state index < -0.39 is 0 Å². The Bertz CT molecular complexity index is 1000. The number of likely N-dealkylation sites (N-methyl/N-ethyl adjacent to an activating group) is 1. The summed E-state index contributed by atoms with van der Waals surface area (Å²) >= 11 is 0. The van der Waals surface area contributed by atoms with Gasteiger partial charge in [0.25, 0.3) is 5.91 Å². The van der Waals surface area contributed by atoms with E-state index in [1.165, 1.54) is 5.56 Å². The first-order valence-electron chi connectivity index (χ1n) is 10.3. The predicted octanol–water partition coefficient (Wildman–Crippen LogP) is 3.44. The topological polar surface area (TPSA) is 37.7 Å². The number of nitrogens with zero attached hydrogens (tertiary/aromatic N) is 3. The van der Waals surface area contributed by atoms with Gasteiger partial charge in [0, 0.05) is 49.4 Å². The number of methoxy groups -OCH3 is 1. The summed E-state index contributed by atoms with van der Waals surface area (Å²) < 4.78 is 7.33. The SMILES string of the molecule is COc1ccc2c(c1)c(CCN1CCN(C)CC1)c(C)n2C(=O)c1ccccc1. The van der Waals surface area contributed by atoms with Crippen molar-refractivity contribution in [2.45, 2.75) is 13.3 Å². The number of ether oxygens (including phenoxy) is 1. The van der Waals surface area contributed by atoms with E-state index in [1.54, 1.807) is 7.11 Å². The molecule has 0 spiro atoms. The van der Waals surface area contributed by atoms with Gasteiger partial charge in [0.15, 0.2) is 0 Å². The lowest BCUT2D eigenvalue weighted by molar-refractivity contribution is 0.0963. The maximum atomic E-state index is 13.3. The third-order valence-corrected chi connectivity index (χ3v) is 6.04. The molecule has 0 saturated carbocycles. The number of benzene rings is 2. The second-order valence-corrected chi connectivity index (χ2v) is 7.85. The van der Waals surface area contributed by atoms with E-state index in [2.05, 4.69) is 29.8 Å². The van der Waals surface area contributed by atoms with Crippen LogP contribution in [0.15, 0.2) is 48.5 Å². The smallest absolute Gasteiger partial charge is 0.262 e. The van der Waals surface area contributed by atoms with Gasteiger partial charge in [0.05, 0.1) is 12.6 Å². The van der Waals surface area contributed by atoms with Crippen LogP contribution < -0.4 is 4.74 Å². The van der Waals surface area contributed by atoms with Crippen molar-refractivity contribution >= 4 is 16.8 Å². The molecule has 0 atom stereocenters. The molecule has 5 nitrogen and oxygen atoms in total. The molecule has 0 radical (unpaired) electrons. The molecule has 0 unspecified atom stereocenters. The van der Waals surface area contributed by atoms with Crippen molar-refractivity contribution in [2.24, 2.45) is 0 Å². The van der Waals surface area contributed by atoms with Gasteiger partial charge in [0.2, 0.25) is 0 Å². The van der Waals surface area contributed by atoms with Gasteiger partial charge in [-0.25, -0.2) is 0 Å². The van der Waals surface area contributed by atoms with Gasteiger partial charge in [-0.15, -0.1) is 0 Å². The minimum atomic E-state index is 0.0177. The molecule has 0 N–H and O–H groups in total. The van der Waals surface area contributed by atoms with Crippen molar-refractivity contribution in [3.8, 4) is 5.75 Å². The van der Waals surface area contributed by atoms with E-state index in [0.29, 0.717) is 5.56 Å². The van der Waals surface area contributed by atoms with Gasteiger partial charge < -0.3 is 14.5 Å². The number of hydrogen-bond acceptors (Lipinski definition) is 4. The third kappa shape index (κ3) is 3.93. The molecule has 29 heavy (non-hydrogen) atoms. The molecular formula is C24H29N3O2. The van der Waals surface area contributed by atoms with Gasteiger partial charge in [-0.3, -0.25) is 9.36 Å². The largest absolute Gasteiger partial charge is 0.497 e. The highest BCUT2D eigenvalue weighted by molar-refractivity contribution is 6.04. The summed E-state index contributed by atoms with van der Waals surface area (Å²) in [5.41, 5.74) is 3.91. The Hall–Kier alpha value is -2.63. The Morgan fingerprint density at radius 1 is 1.03 bits per heavy atom. The van der Waals surface area contributed by atoms with Crippen LogP contribution in [0.25, 0.3) is 10.9 Å². The lowest BCUT2D eigenvalue weighted by Gasteiger charge is -2.32. The zero-order chi connectivity index (χ0) is 20.4. The second-order valence-electron chi connectivity index (χ2n) is 7.85. The molecule has 1 fully saturated rings. The van der Waals surface area contributed by atoms with Crippen molar-refractivity contribution in [1.29, 1.82) is 0 Å². The van der Waals surface area contributed by atoms with Crippen LogP contribution in [-0.2, 0) is 6.42 Å². The molecule has 4 rings (SSSR count). The predicted molar refractivity (Wildman–Crippen MR) is 117 cm³/mol. The van der Waals surface area contributed by atoms with E-state index in [9.17, 15) is 4.79 Å². The van der Waals surface area contributed by atoms with E-state index in [1.807, 2.05) is 47.0 Å². The molecule has 1 saturated heterocycles. The maximum absolute atomic E-state index is 13.3. The Labute approximate surface area is 172 Å². The summed E-state index contributed by atoms with van der Waals surface area (Å²) in [6.45, 7) is 7.49. The van der Waals surface area contributed by atoms with Gasteiger partial charge in [-0.2, -0.15) is 0 Å². The highest BCUT2D eigenvalue weighted by Gasteiger charge is 2.21. The molecule has 1 aromatic heterocycles. The van der Waals surface area contributed by atoms with Crippen molar-refractivity contribution in [3.63, 3.8) is 0 Å². The Morgan fingerprint density at radius 2 is 1.76 bits per heavy atom. The molecule has 1 aliphatic rings. The van der Waals surface area contributed by atoms with E-state index >= 15 is 0 Å². The standard InChI is InChI=1S/C24H29N3O2/c1-18-21(11-12-26-15-13-25(2)14-16-26)22-17-20(29-3)9-10-23(22)27(18)24(28)19-7-5-4-6-8-19/h4-10,17H,11-16H2,1-3H3. The van der Waals surface area contributed by atoms with Crippen molar-refractivity contribution in [3.05, 3.63) is 65.4 Å². The lowest BCUT2D eigenvalue weighted by Crippen LogP contribution is -2.45. The van der Waals surface area contributed by atoms with Crippen LogP contribution in [0.5, 0.6) is 5.75 Å². The van der Waals surface area contributed by atoms with Crippen LogP contribution in [0.2, 0.25) is 0 Å². The third-order valence-electron chi connectivity index (χ3n) is 6.04. The maximum Gasteiger partial charge on any atom is 0.262 e. The van der Waals surface area contributed by atoms with Gasteiger partial charge >= 0.3 is 0 Å². The van der Waals surface area contributed by atoms with E-state index in [4.69, 9.17) is 4.74 Å². The summed E-state index contributed by atoms with van der Waals surface area (Å²) in [5, 5.41) is 1.11. The Balaban J connectivity index is 1.71. The van der Waals surface area contributed by atoms with Gasteiger partial charge in [-0.05, 0) is 56.3 Å². The monoisotopic (exact) mass is 391 g/mol. The molecular weight excluding hydrogens is 362 g/mol. The number of rotatable bonds is 5. The summed E-state index contributed by atoms with van der Waals surface area (Å²) in [5.74, 6) is 0.840. The van der Waals surface area contributed by atoms with Crippen LogP contribution >= 0.6 is 0 Å². The average Bonchev–Trinajstić information content (AvgIpc) is 3.03. The second kappa shape index (κ2) is 8.39. The zero-order valence-corrected chi connectivity index (χ0v) is 17.5. The molecule has 0 aliphatic carbocycles. The summed E-state index contributed by atoms with van der Waals surface area (Å²) in [7, 11) is 3.86. The number of fused-ring (bicyclic) bond motifs is 1. The van der Waals surface area contributed by atoms with Crippen LogP contribution in [-0.4, -0.2) is 67.2 Å². The normalized spacial score (nSPS) is 15.7. The molecule has 5 heteroatoms. The molecule has 0 bridgehead atoms. The molecule has 0 amide bonds. The first-order chi connectivity index (χ1) is 14.1. The quantitative estimate of drug-likeness (QED) is 0.668. The van der Waals surface area contributed by atoms with Crippen LogP contribution in [0.4, 0.5) is 0 Å². The zero-order valence-electron chi connectivity index (χ0n) is 17.5. The number of carbonyl (C=O) groups is 1. The van der Waals surface area contributed by atoms with Crippen LogP contribution in [0, 0.1) is 6.92 Å². The highest BCUT2D eigenvalue weighted by atomic mass is 16.5. The molecule has 3 aromatic rings. The number of aromatic nitrogens is 1. The fourth-order valence-corrected chi connectivity index (χ4v) is 4.22. The van der Waals surface area contributed by atoms with Crippen LogP contribution in [0.1, 0.15) is 21.6 Å². The highest BCUT2D eigenvalue weighted by Crippen LogP contribution is 2.30. The molecule has 2 heterocycles. The summed E-state index contributed by atoms with van der Waals surface area (Å²) in [6, 6.07) is 15.5. The number of hydrogen-bond donors (Lipinski definition) is 0. The summed E-state index contributed by atoms with van der Waals surface area (Å²) in [6.07, 6.45) is 0.925. The first kappa shape index (κ1) is 19.7. The van der Waals surface area contributed by atoms with Crippen molar-refractivity contribution in [2.75, 3.05) is 46.9 Å². The Morgan fingerprint density at radius 3 is 2.45 bits per heavy atom. The van der Waals surface area contributed by atoms with Gasteiger partial charge in [-0.1, -0.05) is 18.2 Å². The molecule has 2 aromatic carbocycles. The van der Waals surface area contributed by atoms with Gasteiger partial charge in [0.1, 0.15) is 5.75 Å². The fraction of sp³-hybridized carbons (Fsp3) is 0.375. The minimum Gasteiger partial charge on any atom is -0.497 e. The minimum absolute atomic E-state index is 0.0177. The van der Waals surface area contributed by atoms with Crippen LogP contribution in [0.3, 0.4) is 0 Å². The average molecular weight is 392 g/mol. The number of carbonyl (C=O) groups excluding carboxylic acids is 1. The molecule has 1 aliphatic heterocycles.